The summed E-state index contributed by atoms with van der Waals surface area (Å²) in [5.41, 5.74) is 2.92. The fourth-order valence-electron chi connectivity index (χ4n) is 2.34. The molecule has 0 bridgehead atoms. The van der Waals surface area contributed by atoms with Crippen molar-refractivity contribution in [1.82, 2.24) is 4.98 Å². The minimum atomic E-state index is -0.283. The van der Waals surface area contributed by atoms with Gasteiger partial charge in [-0.25, -0.2) is 4.98 Å². The maximum atomic E-state index is 12.2. The molecule has 0 aliphatic carbocycles. The van der Waals surface area contributed by atoms with Crippen molar-refractivity contribution in [2.45, 2.75) is 6.54 Å². The standard InChI is InChI=1S/C20H18ClN3O2/c1-26-18-8-5-14(6-9-18)12-22-17-7-10-19(23-13-17)20(25)24-16-4-2-3-15(21)11-16/h2-11,13,22H,12H2,1H3,(H,24,25). The predicted octanol–water partition coefficient (Wildman–Crippen LogP) is 4.61. The summed E-state index contributed by atoms with van der Waals surface area (Å²) in [6.07, 6.45) is 1.64. The van der Waals surface area contributed by atoms with Crippen LogP contribution in [-0.4, -0.2) is 18.0 Å². The van der Waals surface area contributed by atoms with Gasteiger partial charge in [-0.05, 0) is 48.0 Å². The second kappa shape index (κ2) is 8.36. The van der Waals surface area contributed by atoms with Gasteiger partial charge in [-0.15, -0.1) is 0 Å². The molecular formula is C20H18ClN3O2. The number of nitrogens with one attached hydrogen (secondary N) is 2. The van der Waals surface area contributed by atoms with Gasteiger partial charge in [0.05, 0.1) is 19.0 Å². The van der Waals surface area contributed by atoms with Crippen LogP contribution in [0.25, 0.3) is 0 Å². The Bertz CT molecular complexity index is 880. The van der Waals surface area contributed by atoms with Crippen molar-refractivity contribution >= 4 is 28.9 Å². The minimum absolute atomic E-state index is 0.283. The number of hydrogen-bond acceptors (Lipinski definition) is 4. The first kappa shape index (κ1) is 17.8. The molecule has 3 rings (SSSR count). The van der Waals surface area contributed by atoms with Gasteiger partial charge in [-0.1, -0.05) is 29.8 Å². The smallest absolute Gasteiger partial charge is 0.274 e. The molecule has 1 heterocycles. The highest BCUT2D eigenvalue weighted by molar-refractivity contribution is 6.30. The third kappa shape index (κ3) is 4.74. The zero-order valence-corrected chi connectivity index (χ0v) is 15.0. The van der Waals surface area contributed by atoms with E-state index in [2.05, 4.69) is 15.6 Å². The second-order valence-electron chi connectivity index (χ2n) is 5.60. The van der Waals surface area contributed by atoms with E-state index < -0.39 is 0 Å². The van der Waals surface area contributed by atoms with Crippen molar-refractivity contribution in [3.05, 3.63) is 83.1 Å². The van der Waals surface area contributed by atoms with E-state index in [4.69, 9.17) is 16.3 Å². The second-order valence-corrected chi connectivity index (χ2v) is 6.03. The molecule has 6 heteroatoms. The van der Waals surface area contributed by atoms with Crippen LogP contribution in [0.3, 0.4) is 0 Å². The van der Waals surface area contributed by atoms with Gasteiger partial charge in [0.1, 0.15) is 11.4 Å². The van der Waals surface area contributed by atoms with E-state index in [0.29, 0.717) is 22.9 Å². The predicted molar refractivity (Wildman–Crippen MR) is 104 cm³/mol. The monoisotopic (exact) mass is 367 g/mol. The average molecular weight is 368 g/mol. The number of methoxy groups -OCH3 is 1. The number of nitrogens with zero attached hydrogens (tertiary/aromatic N) is 1. The van der Waals surface area contributed by atoms with Crippen LogP contribution < -0.4 is 15.4 Å². The molecule has 0 aliphatic heterocycles. The number of carbonyl (C=O) groups is 1. The Labute approximate surface area is 157 Å². The largest absolute Gasteiger partial charge is 0.497 e. The molecule has 2 aromatic carbocycles. The van der Waals surface area contributed by atoms with Crippen molar-refractivity contribution in [3.8, 4) is 5.75 Å². The summed E-state index contributed by atoms with van der Waals surface area (Å²) in [7, 11) is 1.64. The lowest BCUT2D eigenvalue weighted by Crippen LogP contribution is -2.13. The molecule has 2 N–H and O–H groups in total. The molecule has 0 saturated heterocycles. The zero-order chi connectivity index (χ0) is 18.4. The highest BCUT2D eigenvalue weighted by atomic mass is 35.5. The molecule has 132 valence electrons. The highest BCUT2D eigenvalue weighted by Gasteiger charge is 2.08. The molecule has 26 heavy (non-hydrogen) atoms. The molecule has 5 nitrogen and oxygen atoms in total. The quantitative estimate of drug-likeness (QED) is 0.668. The molecule has 0 aliphatic rings. The molecule has 0 atom stereocenters. The number of hydrogen-bond donors (Lipinski definition) is 2. The zero-order valence-electron chi connectivity index (χ0n) is 14.2. The van der Waals surface area contributed by atoms with Gasteiger partial charge in [0.2, 0.25) is 0 Å². The molecule has 3 aromatic rings. The highest BCUT2D eigenvalue weighted by Crippen LogP contribution is 2.16. The molecule has 0 saturated carbocycles. The number of amides is 1. The maximum Gasteiger partial charge on any atom is 0.274 e. The van der Waals surface area contributed by atoms with E-state index in [-0.39, 0.29) is 5.91 Å². The van der Waals surface area contributed by atoms with E-state index in [0.717, 1.165) is 17.0 Å². The van der Waals surface area contributed by atoms with Crippen LogP contribution in [0.4, 0.5) is 11.4 Å². The number of pyridine rings is 1. The lowest BCUT2D eigenvalue weighted by atomic mass is 10.2. The molecular weight excluding hydrogens is 350 g/mol. The van der Waals surface area contributed by atoms with Crippen molar-refractivity contribution in [2.24, 2.45) is 0 Å². The number of aromatic nitrogens is 1. The van der Waals surface area contributed by atoms with Crippen LogP contribution in [0.5, 0.6) is 5.75 Å². The summed E-state index contributed by atoms with van der Waals surface area (Å²) >= 11 is 5.92. The first-order valence-corrected chi connectivity index (χ1v) is 8.41. The number of rotatable bonds is 6. The number of ether oxygens (including phenoxy) is 1. The summed E-state index contributed by atoms with van der Waals surface area (Å²) in [6, 6.07) is 18.3. The molecule has 0 unspecified atom stereocenters. The van der Waals surface area contributed by atoms with Crippen LogP contribution in [0, 0.1) is 0 Å². The van der Waals surface area contributed by atoms with Crippen LogP contribution in [0.15, 0.2) is 66.9 Å². The van der Waals surface area contributed by atoms with E-state index in [1.54, 1.807) is 43.6 Å². The third-order valence-electron chi connectivity index (χ3n) is 3.73. The van der Waals surface area contributed by atoms with Gasteiger partial charge in [0.15, 0.2) is 0 Å². The topological polar surface area (TPSA) is 63.2 Å². The van der Waals surface area contributed by atoms with Crippen LogP contribution in [-0.2, 0) is 6.54 Å². The van der Waals surface area contributed by atoms with E-state index in [9.17, 15) is 4.79 Å². The first-order chi connectivity index (χ1) is 12.6. The van der Waals surface area contributed by atoms with Gasteiger partial charge >= 0.3 is 0 Å². The van der Waals surface area contributed by atoms with Gasteiger partial charge in [0.25, 0.3) is 5.91 Å². The number of carbonyl (C=O) groups excluding carboxylic acids is 1. The average Bonchev–Trinajstić information content (AvgIpc) is 2.67. The van der Waals surface area contributed by atoms with Gasteiger partial charge in [0, 0.05) is 17.3 Å². The SMILES string of the molecule is COc1ccc(CNc2ccc(C(=O)Nc3cccc(Cl)c3)nc2)cc1. The lowest BCUT2D eigenvalue weighted by Gasteiger charge is -2.08. The van der Waals surface area contributed by atoms with E-state index in [1.807, 2.05) is 30.3 Å². The molecule has 0 radical (unpaired) electrons. The molecule has 0 spiro atoms. The number of halogens is 1. The number of benzene rings is 2. The third-order valence-corrected chi connectivity index (χ3v) is 3.97. The fraction of sp³-hybridized carbons (Fsp3) is 0.100. The van der Waals surface area contributed by atoms with Crippen molar-refractivity contribution in [1.29, 1.82) is 0 Å². The van der Waals surface area contributed by atoms with Crippen molar-refractivity contribution in [3.63, 3.8) is 0 Å². The first-order valence-electron chi connectivity index (χ1n) is 8.04. The Morgan fingerprint density at radius 3 is 2.54 bits per heavy atom. The Balaban J connectivity index is 1.57. The Morgan fingerprint density at radius 2 is 1.88 bits per heavy atom. The van der Waals surface area contributed by atoms with E-state index in [1.165, 1.54) is 0 Å². The minimum Gasteiger partial charge on any atom is -0.497 e. The van der Waals surface area contributed by atoms with Crippen LogP contribution >= 0.6 is 11.6 Å². The van der Waals surface area contributed by atoms with Gasteiger partial charge < -0.3 is 15.4 Å². The van der Waals surface area contributed by atoms with Crippen LogP contribution in [0.2, 0.25) is 5.02 Å². The lowest BCUT2D eigenvalue weighted by molar-refractivity contribution is 0.102. The Morgan fingerprint density at radius 1 is 1.08 bits per heavy atom. The summed E-state index contributed by atoms with van der Waals surface area (Å²) in [4.78, 5) is 16.4. The maximum absolute atomic E-state index is 12.2. The fourth-order valence-corrected chi connectivity index (χ4v) is 2.53. The van der Waals surface area contributed by atoms with Gasteiger partial charge in [-0.3, -0.25) is 4.79 Å². The van der Waals surface area contributed by atoms with E-state index >= 15 is 0 Å². The summed E-state index contributed by atoms with van der Waals surface area (Å²) in [5, 5.41) is 6.60. The van der Waals surface area contributed by atoms with Crippen molar-refractivity contribution < 1.29 is 9.53 Å². The summed E-state index contributed by atoms with van der Waals surface area (Å²) in [5.74, 6) is 0.541. The summed E-state index contributed by atoms with van der Waals surface area (Å²) in [6.45, 7) is 0.653. The Hall–Kier alpha value is -3.05. The van der Waals surface area contributed by atoms with Crippen molar-refractivity contribution in [2.75, 3.05) is 17.7 Å². The Kier molecular flexibility index (Phi) is 5.71. The molecule has 0 fully saturated rings. The normalized spacial score (nSPS) is 10.2. The van der Waals surface area contributed by atoms with Crippen LogP contribution in [0.1, 0.15) is 16.1 Å². The summed E-state index contributed by atoms with van der Waals surface area (Å²) < 4.78 is 5.14. The molecule has 1 aromatic heterocycles. The van der Waals surface area contributed by atoms with Gasteiger partial charge in [-0.2, -0.15) is 0 Å². The number of anilines is 2. The molecule has 1 amide bonds.